The molecular weight excluding hydrogens is 160 g/mol. The van der Waals surface area contributed by atoms with Crippen molar-refractivity contribution in [2.45, 2.75) is 27.2 Å². The van der Waals surface area contributed by atoms with Crippen molar-refractivity contribution in [2.75, 3.05) is 18.0 Å². The smallest absolute Gasteiger partial charge is 0.128 e. The lowest BCUT2D eigenvalue weighted by molar-refractivity contribution is 0.843. The molecule has 0 fully saturated rings. The minimum Gasteiger partial charge on any atom is -0.357 e. The van der Waals surface area contributed by atoms with E-state index in [2.05, 4.69) is 42.8 Å². The first-order valence-corrected chi connectivity index (χ1v) is 5.01. The molecule has 72 valence electrons. The van der Waals surface area contributed by atoms with Gasteiger partial charge in [0.15, 0.2) is 0 Å². The fourth-order valence-corrected chi connectivity index (χ4v) is 1.40. The van der Waals surface area contributed by atoms with Crippen molar-refractivity contribution >= 4 is 5.82 Å². The number of hydrogen-bond acceptors (Lipinski definition) is 2. The van der Waals surface area contributed by atoms with Crippen molar-refractivity contribution in [1.82, 2.24) is 4.98 Å². The molecule has 0 saturated heterocycles. The molecule has 2 nitrogen and oxygen atoms in total. The van der Waals surface area contributed by atoms with Crippen LogP contribution in [-0.2, 0) is 6.42 Å². The average Bonchev–Trinajstić information content (AvgIpc) is 2.20. The fraction of sp³-hybridized carbons (Fsp3) is 0.545. The topological polar surface area (TPSA) is 16.1 Å². The molecule has 1 heterocycles. The van der Waals surface area contributed by atoms with Crippen LogP contribution in [-0.4, -0.2) is 18.1 Å². The zero-order valence-electron chi connectivity index (χ0n) is 8.75. The molecule has 0 atom stereocenters. The second kappa shape index (κ2) is 4.85. The quantitative estimate of drug-likeness (QED) is 0.704. The maximum Gasteiger partial charge on any atom is 0.128 e. The highest BCUT2D eigenvalue weighted by atomic mass is 15.2. The van der Waals surface area contributed by atoms with Gasteiger partial charge in [0, 0.05) is 19.3 Å². The summed E-state index contributed by atoms with van der Waals surface area (Å²) in [6.45, 7) is 8.53. The SMILES string of the molecule is CCc1ccnc(N(CC)CC)c1. The van der Waals surface area contributed by atoms with Crippen molar-refractivity contribution in [3.05, 3.63) is 23.9 Å². The van der Waals surface area contributed by atoms with Crippen molar-refractivity contribution in [3.63, 3.8) is 0 Å². The molecule has 13 heavy (non-hydrogen) atoms. The zero-order valence-corrected chi connectivity index (χ0v) is 8.75. The maximum atomic E-state index is 4.36. The van der Waals surface area contributed by atoms with Crippen LogP contribution in [0, 0.1) is 0 Å². The number of anilines is 1. The van der Waals surface area contributed by atoms with Gasteiger partial charge >= 0.3 is 0 Å². The van der Waals surface area contributed by atoms with Crippen LogP contribution < -0.4 is 4.90 Å². The van der Waals surface area contributed by atoms with Crippen LogP contribution in [0.15, 0.2) is 18.3 Å². The molecule has 0 saturated carbocycles. The summed E-state index contributed by atoms with van der Waals surface area (Å²) in [5.41, 5.74) is 1.36. The second-order valence-electron chi connectivity index (χ2n) is 3.05. The van der Waals surface area contributed by atoms with Gasteiger partial charge in [-0.05, 0) is 38.0 Å². The summed E-state index contributed by atoms with van der Waals surface area (Å²) in [6.07, 6.45) is 2.98. The number of hydrogen-bond donors (Lipinski definition) is 0. The molecular formula is C11H18N2. The molecule has 0 radical (unpaired) electrons. The monoisotopic (exact) mass is 178 g/mol. The van der Waals surface area contributed by atoms with E-state index >= 15 is 0 Å². The van der Waals surface area contributed by atoms with Crippen molar-refractivity contribution in [3.8, 4) is 0 Å². The highest BCUT2D eigenvalue weighted by Crippen LogP contribution is 2.12. The molecule has 0 spiro atoms. The lowest BCUT2D eigenvalue weighted by Gasteiger charge is -2.19. The Morgan fingerprint density at radius 2 is 1.92 bits per heavy atom. The Hall–Kier alpha value is -1.05. The van der Waals surface area contributed by atoms with E-state index in [1.54, 1.807) is 0 Å². The molecule has 0 N–H and O–H groups in total. The molecule has 0 aliphatic heterocycles. The third-order valence-corrected chi connectivity index (χ3v) is 2.31. The summed E-state index contributed by atoms with van der Waals surface area (Å²) in [7, 11) is 0. The van der Waals surface area contributed by atoms with E-state index < -0.39 is 0 Å². The van der Waals surface area contributed by atoms with Crippen LogP contribution in [0.25, 0.3) is 0 Å². The van der Waals surface area contributed by atoms with E-state index in [0.717, 1.165) is 25.3 Å². The van der Waals surface area contributed by atoms with Gasteiger partial charge in [-0.3, -0.25) is 0 Å². The molecule has 0 amide bonds. The van der Waals surface area contributed by atoms with E-state index in [4.69, 9.17) is 0 Å². The Kier molecular flexibility index (Phi) is 3.74. The Morgan fingerprint density at radius 3 is 2.46 bits per heavy atom. The normalized spacial score (nSPS) is 10.1. The van der Waals surface area contributed by atoms with E-state index in [0.29, 0.717) is 0 Å². The number of nitrogens with zero attached hydrogens (tertiary/aromatic N) is 2. The minimum absolute atomic E-state index is 1.02. The lowest BCUT2D eigenvalue weighted by atomic mass is 10.2. The molecule has 0 bridgehead atoms. The Balaban J connectivity index is 2.86. The summed E-state index contributed by atoms with van der Waals surface area (Å²) in [6, 6.07) is 4.25. The molecule has 0 unspecified atom stereocenters. The first kappa shape index (κ1) is 10.0. The van der Waals surface area contributed by atoms with Gasteiger partial charge in [-0.25, -0.2) is 4.98 Å². The molecule has 0 aliphatic rings. The average molecular weight is 178 g/mol. The summed E-state index contributed by atoms with van der Waals surface area (Å²) in [5, 5.41) is 0. The summed E-state index contributed by atoms with van der Waals surface area (Å²) in [4.78, 5) is 6.62. The van der Waals surface area contributed by atoms with Crippen LogP contribution in [0.2, 0.25) is 0 Å². The molecule has 1 aromatic rings. The first-order valence-electron chi connectivity index (χ1n) is 5.01. The summed E-state index contributed by atoms with van der Waals surface area (Å²) >= 11 is 0. The van der Waals surface area contributed by atoms with Gasteiger partial charge in [0.2, 0.25) is 0 Å². The van der Waals surface area contributed by atoms with Crippen LogP contribution in [0.4, 0.5) is 5.82 Å². The molecule has 0 aliphatic carbocycles. The highest BCUT2D eigenvalue weighted by Gasteiger charge is 2.02. The van der Waals surface area contributed by atoms with Crippen molar-refractivity contribution in [1.29, 1.82) is 0 Å². The fourth-order valence-electron chi connectivity index (χ4n) is 1.40. The molecule has 2 heteroatoms. The second-order valence-corrected chi connectivity index (χ2v) is 3.05. The van der Waals surface area contributed by atoms with Gasteiger partial charge < -0.3 is 4.90 Å². The van der Waals surface area contributed by atoms with E-state index in [1.165, 1.54) is 5.56 Å². The lowest BCUT2D eigenvalue weighted by Crippen LogP contribution is -2.22. The van der Waals surface area contributed by atoms with Crippen molar-refractivity contribution < 1.29 is 0 Å². The van der Waals surface area contributed by atoms with Gasteiger partial charge in [0.25, 0.3) is 0 Å². The highest BCUT2D eigenvalue weighted by molar-refractivity contribution is 5.40. The summed E-state index contributed by atoms with van der Waals surface area (Å²) in [5.74, 6) is 1.10. The van der Waals surface area contributed by atoms with Crippen LogP contribution in [0.5, 0.6) is 0 Å². The minimum atomic E-state index is 1.02. The zero-order chi connectivity index (χ0) is 9.68. The van der Waals surface area contributed by atoms with Gasteiger partial charge in [0.05, 0.1) is 0 Å². The number of aryl methyl sites for hydroxylation is 1. The Labute approximate surface area is 80.6 Å². The van der Waals surface area contributed by atoms with Crippen LogP contribution in [0.3, 0.4) is 0 Å². The molecule has 0 aromatic carbocycles. The standard InChI is InChI=1S/C11H18N2/c1-4-10-7-8-12-11(9-10)13(5-2)6-3/h7-9H,4-6H2,1-3H3. The third kappa shape index (κ3) is 2.44. The predicted octanol–water partition coefficient (Wildman–Crippen LogP) is 2.49. The van der Waals surface area contributed by atoms with E-state index in [-0.39, 0.29) is 0 Å². The number of rotatable bonds is 4. The summed E-state index contributed by atoms with van der Waals surface area (Å²) < 4.78 is 0. The molecule has 1 rings (SSSR count). The number of aromatic nitrogens is 1. The van der Waals surface area contributed by atoms with Gasteiger partial charge in [0.1, 0.15) is 5.82 Å². The largest absolute Gasteiger partial charge is 0.357 e. The Morgan fingerprint density at radius 1 is 1.23 bits per heavy atom. The van der Waals surface area contributed by atoms with Gasteiger partial charge in [-0.2, -0.15) is 0 Å². The van der Waals surface area contributed by atoms with Crippen molar-refractivity contribution in [2.24, 2.45) is 0 Å². The maximum absolute atomic E-state index is 4.36. The van der Waals surface area contributed by atoms with E-state index in [9.17, 15) is 0 Å². The molecule has 1 aromatic heterocycles. The van der Waals surface area contributed by atoms with E-state index in [1.807, 2.05) is 6.20 Å². The Bertz CT molecular complexity index is 254. The third-order valence-electron chi connectivity index (χ3n) is 2.31. The van der Waals surface area contributed by atoms with Crippen LogP contribution >= 0.6 is 0 Å². The van der Waals surface area contributed by atoms with Gasteiger partial charge in [-0.1, -0.05) is 6.92 Å². The predicted molar refractivity (Wildman–Crippen MR) is 57.2 cm³/mol. The first-order chi connectivity index (χ1) is 6.31. The van der Waals surface area contributed by atoms with Gasteiger partial charge in [-0.15, -0.1) is 0 Å². The van der Waals surface area contributed by atoms with Crippen LogP contribution in [0.1, 0.15) is 26.3 Å². The number of pyridine rings is 1.